The number of imidazole rings is 1. The normalized spacial score (nSPS) is 12.8. The molecule has 0 radical (unpaired) electrons. The van der Waals surface area contributed by atoms with Crippen LogP contribution in [0.2, 0.25) is 15.1 Å². The number of rotatable bonds is 2. The van der Waals surface area contributed by atoms with Gasteiger partial charge in [-0.25, -0.2) is 9.97 Å². The van der Waals surface area contributed by atoms with Crippen LogP contribution in [0.4, 0.5) is 0 Å². The first-order valence-corrected chi connectivity index (χ1v) is 7.68. The smallest absolute Gasteiger partial charge is 0.164 e. The summed E-state index contributed by atoms with van der Waals surface area (Å²) in [4.78, 5) is 8.85. The van der Waals surface area contributed by atoms with Crippen molar-refractivity contribution in [1.29, 1.82) is 0 Å². The molecule has 0 aliphatic heterocycles. The molecular formula is C14H9Cl4N3. The molecule has 0 bridgehead atoms. The van der Waals surface area contributed by atoms with Crippen molar-refractivity contribution in [1.82, 2.24) is 14.5 Å². The minimum atomic E-state index is -0.315. The van der Waals surface area contributed by atoms with Crippen molar-refractivity contribution in [3.05, 3.63) is 51.4 Å². The molecule has 0 aliphatic carbocycles. The predicted molar refractivity (Wildman–Crippen MR) is 88.2 cm³/mol. The summed E-state index contributed by atoms with van der Waals surface area (Å²) < 4.78 is 1.82. The Kier molecular flexibility index (Phi) is 4.02. The van der Waals surface area contributed by atoms with E-state index in [9.17, 15) is 0 Å². The number of alkyl halides is 1. The molecule has 2 aromatic heterocycles. The number of benzene rings is 1. The van der Waals surface area contributed by atoms with Gasteiger partial charge < -0.3 is 0 Å². The second-order valence-corrected chi connectivity index (χ2v) is 6.45. The maximum absolute atomic E-state index is 6.30. The van der Waals surface area contributed by atoms with Crippen LogP contribution in [0.5, 0.6) is 0 Å². The summed E-state index contributed by atoms with van der Waals surface area (Å²) in [5.74, 6) is 0.644. The van der Waals surface area contributed by atoms with Gasteiger partial charge >= 0.3 is 0 Å². The molecule has 0 saturated heterocycles. The summed E-state index contributed by atoms with van der Waals surface area (Å²) in [5.41, 5.74) is 2.03. The molecule has 0 saturated carbocycles. The second-order valence-electron chi connectivity index (χ2n) is 4.51. The molecule has 0 fully saturated rings. The van der Waals surface area contributed by atoms with Crippen LogP contribution in [-0.2, 0) is 0 Å². The molecule has 0 amide bonds. The number of hydrogen-bond acceptors (Lipinski definition) is 2. The molecular weight excluding hydrogens is 352 g/mol. The van der Waals surface area contributed by atoms with Crippen molar-refractivity contribution < 1.29 is 0 Å². The van der Waals surface area contributed by atoms with Crippen molar-refractivity contribution >= 4 is 57.6 Å². The van der Waals surface area contributed by atoms with E-state index in [-0.39, 0.29) is 5.38 Å². The highest BCUT2D eigenvalue weighted by Gasteiger charge is 2.19. The molecule has 1 unspecified atom stereocenters. The highest BCUT2D eigenvalue weighted by Crippen LogP contribution is 2.32. The van der Waals surface area contributed by atoms with Crippen LogP contribution < -0.4 is 0 Å². The van der Waals surface area contributed by atoms with Crippen LogP contribution in [0.1, 0.15) is 18.1 Å². The Morgan fingerprint density at radius 3 is 2.52 bits per heavy atom. The first-order chi connectivity index (χ1) is 9.97. The largest absolute Gasteiger partial charge is 0.278 e. The second kappa shape index (κ2) is 5.65. The van der Waals surface area contributed by atoms with Gasteiger partial charge in [0.05, 0.1) is 21.1 Å². The van der Waals surface area contributed by atoms with Gasteiger partial charge in [0.2, 0.25) is 0 Å². The zero-order chi connectivity index (χ0) is 15.1. The topological polar surface area (TPSA) is 30.7 Å². The molecule has 2 heterocycles. The van der Waals surface area contributed by atoms with Gasteiger partial charge in [0, 0.05) is 11.2 Å². The van der Waals surface area contributed by atoms with Crippen LogP contribution in [-0.4, -0.2) is 14.5 Å². The van der Waals surface area contributed by atoms with Gasteiger partial charge in [-0.1, -0.05) is 34.8 Å². The Bertz CT molecular complexity index is 826. The molecule has 3 rings (SSSR count). The molecule has 108 valence electrons. The van der Waals surface area contributed by atoms with E-state index in [1.807, 2.05) is 17.6 Å². The molecule has 0 N–H and O–H groups in total. The minimum absolute atomic E-state index is 0.315. The van der Waals surface area contributed by atoms with Gasteiger partial charge in [0.1, 0.15) is 11.3 Å². The van der Waals surface area contributed by atoms with E-state index >= 15 is 0 Å². The lowest BCUT2D eigenvalue weighted by Crippen LogP contribution is -2.03. The van der Waals surface area contributed by atoms with E-state index in [1.165, 1.54) is 0 Å². The number of aromatic nitrogens is 3. The van der Waals surface area contributed by atoms with Crippen molar-refractivity contribution in [2.24, 2.45) is 0 Å². The lowest BCUT2D eigenvalue weighted by Gasteiger charge is -2.11. The monoisotopic (exact) mass is 359 g/mol. The third kappa shape index (κ3) is 2.71. The lowest BCUT2D eigenvalue weighted by atomic mass is 10.3. The summed E-state index contributed by atoms with van der Waals surface area (Å²) in [6, 6.07) is 6.98. The van der Waals surface area contributed by atoms with Crippen LogP contribution in [0.3, 0.4) is 0 Å². The fourth-order valence-corrected chi connectivity index (χ4v) is 2.92. The number of nitrogens with zero attached hydrogens (tertiary/aromatic N) is 3. The Morgan fingerprint density at radius 2 is 1.86 bits per heavy atom. The molecule has 7 heteroatoms. The van der Waals surface area contributed by atoms with E-state index in [0.717, 1.165) is 5.69 Å². The molecule has 3 nitrogen and oxygen atoms in total. The molecule has 3 aromatic rings. The van der Waals surface area contributed by atoms with Gasteiger partial charge in [-0.3, -0.25) is 4.57 Å². The number of hydrogen-bond donors (Lipinski definition) is 0. The van der Waals surface area contributed by atoms with E-state index in [2.05, 4.69) is 9.97 Å². The molecule has 0 spiro atoms. The number of halogens is 4. The van der Waals surface area contributed by atoms with Crippen molar-refractivity contribution in [2.45, 2.75) is 12.3 Å². The van der Waals surface area contributed by atoms with E-state index in [4.69, 9.17) is 46.4 Å². The fraction of sp³-hybridized carbons (Fsp3) is 0.143. The molecule has 21 heavy (non-hydrogen) atoms. The maximum Gasteiger partial charge on any atom is 0.164 e. The Morgan fingerprint density at radius 1 is 1.10 bits per heavy atom. The van der Waals surface area contributed by atoms with Gasteiger partial charge in [0.25, 0.3) is 0 Å². The molecule has 1 atom stereocenters. The van der Waals surface area contributed by atoms with Crippen LogP contribution in [0.25, 0.3) is 16.9 Å². The van der Waals surface area contributed by atoms with Gasteiger partial charge in [-0.2, -0.15) is 0 Å². The van der Waals surface area contributed by atoms with Crippen molar-refractivity contribution in [3.8, 4) is 5.69 Å². The number of fused-ring (bicyclic) bond motifs is 1. The van der Waals surface area contributed by atoms with Gasteiger partial charge in [-0.05, 0) is 31.2 Å². The molecule has 0 aliphatic rings. The standard InChI is InChI=1S/C14H9Cl4N3/c1-7(15)13-20-11-5-9(17)6-19-14(11)21(13)12-3-2-8(16)4-10(12)18/h2-7H,1H3. The maximum atomic E-state index is 6.30. The summed E-state index contributed by atoms with van der Waals surface area (Å²) in [5, 5.41) is 1.26. The average Bonchev–Trinajstić information content (AvgIpc) is 2.77. The Balaban J connectivity index is 2.36. The van der Waals surface area contributed by atoms with Crippen molar-refractivity contribution in [3.63, 3.8) is 0 Å². The SMILES string of the molecule is CC(Cl)c1nc2cc(Cl)cnc2n1-c1ccc(Cl)cc1Cl. The lowest BCUT2D eigenvalue weighted by molar-refractivity contribution is 0.877. The van der Waals surface area contributed by atoms with E-state index in [0.29, 0.717) is 32.1 Å². The summed E-state index contributed by atoms with van der Waals surface area (Å²) in [6.07, 6.45) is 1.56. The predicted octanol–water partition coefficient (Wildman–Crippen LogP) is 5.68. The first kappa shape index (κ1) is 14.9. The van der Waals surface area contributed by atoms with E-state index in [1.54, 1.807) is 24.4 Å². The summed E-state index contributed by atoms with van der Waals surface area (Å²) in [6.45, 7) is 1.84. The van der Waals surface area contributed by atoms with E-state index < -0.39 is 0 Å². The van der Waals surface area contributed by atoms with Gasteiger partial charge in [-0.15, -0.1) is 11.6 Å². The third-order valence-corrected chi connectivity index (χ3v) is 3.94. The average molecular weight is 361 g/mol. The first-order valence-electron chi connectivity index (χ1n) is 6.11. The van der Waals surface area contributed by atoms with Gasteiger partial charge in [0.15, 0.2) is 5.65 Å². The fourth-order valence-electron chi connectivity index (χ4n) is 2.12. The quantitative estimate of drug-likeness (QED) is 0.550. The van der Waals surface area contributed by atoms with Crippen LogP contribution >= 0.6 is 46.4 Å². The molecule has 1 aromatic carbocycles. The third-order valence-electron chi connectivity index (χ3n) is 3.00. The van der Waals surface area contributed by atoms with Crippen molar-refractivity contribution in [2.75, 3.05) is 0 Å². The Labute approximate surface area is 141 Å². The summed E-state index contributed by atoms with van der Waals surface area (Å²) >= 11 is 24.5. The highest BCUT2D eigenvalue weighted by molar-refractivity contribution is 6.36. The zero-order valence-corrected chi connectivity index (χ0v) is 13.8. The van der Waals surface area contributed by atoms with Crippen LogP contribution in [0.15, 0.2) is 30.5 Å². The highest BCUT2D eigenvalue weighted by atomic mass is 35.5. The number of pyridine rings is 1. The summed E-state index contributed by atoms with van der Waals surface area (Å²) in [7, 11) is 0. The zero-order valence-electron chi connectivity index (χ0n) is 10.8. The van der Waals surface area contributed by atoms with Crippen LogP contribution in [0, 0.1) is 0 Å². The Hall–Kier alpha value is -1.000. The minimum Gasteiger partial charge on any atom is -0.278 e.